The molecule has 1 fully saturated rings. The summed E-state index contributed by atoms with van der Waals surface area (Å²) in [6.07, 6.45) is 7.78. The second-order valence-electron chi connectivity index (χ2n) is 8.32. The van der Waals surface area contributed by atoms with Gasteiger partial charge >= 0.3 is 0 Å². The lowest BCUT2D eigenvalue weighted by Crippen LogP contribution is -2.39. The van der Waals surface area contributed by atoms with Crippen molar-refractivity contribution in [2.45, 2.75) is 45.7 Å². The summed E-state index contributed by atoms with van der Waals surface area (Å²) in [4.78, 5) is 18.5. The zero-order chi connectivity index (χ0) is 22.6. The molecule has 3 rings (SSSR count). The zero-order valence-corrected chi connectivity index (χ0v) is 21.9. The number of hydrogen-bond acceptors (Lipinski definition) is 4. The quantitative estimate of drug-likeness (QED) is 0.168. The number of guanidine groups is 1. The molecule has 1 amide bonds. The Morgan fingerprint density at radius 2 is 1.91 bits per heavy atom. The van der Waals surface area contributed by atoms with Gasteiger partial charge in [-0.25, -0.2) is 4.99 Å². The van der Waals surface area contributed by atoms with Crippen LogP contribution in [-0.2, 0) is 17.9 Å². The monoisotopic (exact) mass is 567 g/mol. The number of nitrogens with one attached hydrogen (secondary N) is 2. The Kier molecular flexibility index (Phi) is 12.2. The Morgan fingerprint density at radius 1 is 1.15 bits per heavy atom. The summed E-state index contributed by atoms with van der Waals surface area (Å²) in [5.74, 6) is 0.772. The summed E-state index contributed by atoms with van der Waals surface area (Å²) in [5.41, 5.74) is 7.86. The third-order valence-corrected chi connectivity index (χ3v) is 5.95. The van der Waals surface area contributed by atoms with Crippen molar-refractivity contribution in [3.8, 4) is 0 Å². The van der Waals surface area contributed by atoms with Crippen LogP contribution >= 0.6 is 24.0 Å². The molecule has 33 heavy (non-hydrogen) atoms. The van der Waals surface area contributed by atoms with Crippen LogP contribution < -0.4 is 16.4 Å². The molecule has 182 valence electrons. The van der Waals surface area contributed by atoms with Crippen molar-refractivity contribution >= 4 is 35.8 Å². The van der Waals surface area contributed by atoms with Gasteiger partial charge in [0.2, 0.25) is 5.91 Å². The lowest BCUT2D eigenvalue weighted by Gasteiger charge is -2.30. The molecule has 1 aliphatic heterocycles. The summed E-state index contributed by atoms with van der Waals surface area (Å²) in [5, 5.41) is 11.1. The minimum Gasteiger partial charge on any atom is -0.369 e. The second-order valence-corrected chi connectivity index (χ2v) is 8.32. The number of halogens is 1. The van der Waals surface area contributed by atoms with Crippen molar-refractivity contribution in [3.05, 3.63) is 53.9 Å². The number of piperidine rings is 1. The Hall–Kier alpha value is -2.14. The summed E-state index contributed by atoms with van der Waals surface area (Å²) < 4.78 is 1.93. The van der Waals surface area contributed by atoms with E-state index in [4.69, 9.17) is 10.7 Å². The maximum atomic E-state index is 11.3. The third-order valence-electron chi connectivity index (χ3n) is 5.95. The first-order chi connectivity index (χ1) is 15.7. The van der Waals surface area contributed by atoms with Gasteiger partial charge in [0.05, 0.1) is 13.1 Å². The smallest absolute Gasteiger partial charge is 0.220 e. The number of hydrogen-bond donors (Lipinski definition) is 3. The predicted molar refractivity (Wildman–Crippen MR) is 144 cm³/mol. The van der Waals surface area contributed by atoms with Crippen molar-refractivity contribution in [2.75, 3.05) is 32.7 Å². The van der Waals surface area contributed by atoms with Crippen LogP contribution in [0.1, 0.15) is 43.7 Å². The summed E-state index contributed by atoms with van der Waals surface area (Å²) in [6.45, 7) is 8.20. The molecule has 2 aromatic rings. The highest BCUT2D eigenvalue weighted by Gasteiger charge is 2.22. The maximum Gasteiger partial charge on any atom is 0.220 e. The molecule has 0 unspecified atom stereocenters. The fourth-order valence-corrected chi connectivity index (χ4v) is 4.05. The highest BCUT2D eigenvalue weighted by Crippen LogP contribution is 2.16. The number of rotatable bonds is 11. The fourth-order valence-electron chi connectivity index (χ4n) is 4.05. The Morgan fingerprint density at radius 3 is 2.58 bits per heavy atom. The van der Waals surface area contributed by atoms with Crippen LogP contribution in [0.2, 0.25) is 0 Å². The van der Waals surface area contributed by atoms with Gasteiger partial charge in [-0.3, -0.25) is 9.48 Å². The maximum absolute atomic E-state index is 11.3. The topological polar surface area (TPSA) is 101 Å². The van der Waals surface area contributed by atoms with Crippen molar-refractivity contribution in [1.29, 1.82) is 0 Å². The molecule has 0 bridgehead atoms. The van der Waals surface area contributed by atoms with E-state index in [1.807, 2.05) is 16.9 Å². The number of carbonyl (C=O) groups is 1. The molecule has 1 saturated heterocycles. The van der Waals surface area contributed by atoms with Crippen LogP contribution in [-0.4, -0.2) is 59.3 Å². The van der Waals surface area contributed by atoms with E-state index in [9.17, 15) is 4.79 Å². The molecule has 0 aliphatic carbocycles. The molecule has 9 heteroatoms. The van der Waals surface area contributed by atoms with Gasteiger partial charge in [0.1, 0.15) is 0 Å². The Labute approximate surface area is 214 Å². The number of unbranched alkanes of at least 4 members (excludes halogenated alkanes) is 1. The molecule has 1 aliphatic rings. The molecular weight excluding hydrogens is 529 g/mol. The molecule has 0 atom stereocenters. The molecule has 0 saturated carbocycles. The highest BCUT2D eigenvalue weighted by atomic mass is 127. The second kappa shape index (κ2) is 14.9. The number of amides is 1. The van der Waals surface area contributed by atoms with Gasteiger partial charge in [0.25, 0.3) is 0 Å². The number of benzene rings is 1. The molecule has 1 aromatic heterocycles. The molecule has 2 heterocycles. The molecular formula is C24H38IN7O. The molecule has 0 spiro atoms. The number of nitrogens with two attached hydrogens (primary N) is 1. The minimum absolute atomic E-state index is 0. The summed E-state index contributed by atoms with van der Waals surface area (Å²) >= 11 is 0. The highest BCUT2D eigenvalue weighted by molar-refractivity contribution is 14.0. The molecule has 1 aromatic carbocycles. The van der Waals surface area contributed by atoms with E-state index in [0.717, 1.165) is 70.9 Å². The molecule has 0 radical (unpaired) electrons. The van der Waals surface area contributed by atoms with Gasteiger partial charge < -0.3 is 21.3 Å². The normalized spacial score (nSPS) is 15.1. The van der Waals surface area contributed by atoms with Crippen LogP contribution in [0.5, 0.6) is 0 Å². The van der Waals surface area contributed by atoms with Crippen molar-refractivity contribution in [2.24, 2.45) is 16.6 Å². The Bertz CT molecular complexity index is 848. The first-order valence-electron chi connectivity index (χ1n) is 11.7. The van der Waals surface area contributed by atoms with Crippen LogP contribution in [0.25, 0.3) is 0 Å². The zero-order valence-electron chi connectivity index (χ0n) is 19.6. The van der Waals surface area contributed by atoms with E-state index in [-0.39, 0.29) is 35.8 Å². The van der Waals surface area contributed by atoms with Gasteiger partial charge in [-0.05, 0) is 69.4 Å². The predicted octanol–water partition coefficient (Wildman–Crippen LogP) is 2.58. The van der Waals surface area contributed by atoms with E-state index in [1.165, 1.54) is 11.1 Å². The van der Waals surface area contributed by atoms with Gasteiger partial charge in [-0.1, -0.05) is 24.3 Å². The van der Waals surface area contributed by atoms with E-state index in [1.54, 1.807) is 6.20 Å². The summed E-state index contributed by atoms with van der Waals surface area (Å²) in [6, 6.07) is 10.3. The van der Waals surface area contributed by atoms with Gasteiger partial charge in [-0.2, -0.15) is 5.10 Å². The first kappa shape index (κ1) is 27.1. The number of aromatic nitrogens is 2. The fraction of sp³-hybridized carbons (Fsp3) is 0.542. The van der Waals surface area contributed by atoms with Crippen LogP contribution in [0.15, 0.2) is 47.7 Å². The largest absolute Gasteiger partial charge is 0.369 e. The van der Waals surface area contributed by atoms with Gasteiger partial charge in [-0.15, -0.1) is 24.0 Å². The number of aliphatic imine (C=N–C) groups is 1. The minimum atomic E-state index is -0.145. The van der Waals surface area contributed by atoms with Crippen LogP contribution in [0.3, 0.4) is 0 Å². The standard InChI is InChI=1S/C24H37N7O.HI/c1-2-26-24(27-12-5-6-14-30-16-10-20(11-17-30)23(25)32)28-18-21-8-3-4-9-22(21)19-31-15-7-13-29-31;/h3-4,7-9,13,15,20H,2,5-6,10-12,14,16-19H2,1H3,(H2,25,32)(H2,26,27,28);1H. The van der Waals surface area contributed by atoms with E-state index >= 15 is 0 Å². The SMILES string of the molecule is CCNC(=NCc1ccccc1Cn1cccn1)NCCCCN1CCC(C(N)=O)CC1.I. The van der Waals surface area contributed by atoms with Crippen molar-refractivity contribution < 1.29 is 4.79 Å². The first-order valence-corrected chi connectivity index (χ1v) is 11.7. The van der Waals surface area contributed by atoms with E-state index in [0.29, 0.717) is 6.54 Å². The van der Waals surface area contributed by atoms with E-state index < -0.39 is 0 Å². The number of primary amides is 1. The van der Waals surface area contributed by atoms with Crippen LogP contribution in [0, 0.1) is 5.92 Å². The van der Waals surface area contributed by atoms with Gasteiger partial charge in [0, 0.05) is 31.4 Å². The van der Waals surface area contributed by atoms with E-state index in [2.05, 4.69) is 51.8 Å². The average Bonchev–Trinajstić information content (AvgIpc) is 3.31. The van der Waals surface area contributed by atoms with Gasteiger partial charge in [0.15, 0.2) is 5.96 Å². The number of nitrogens with zero attached hydrogens (tertiary/aromatic N) is 4. The number of carbonyl (C=O) groups excluding carboxylic acids is 1. The summed E-state index contributed by atoms with van der Waals surface area (Å²) in [7, 11) is 0. The van der Waals surface area contributed by atoms with Crippen molar-refractivity contribution in [1.82, 2.24) is 25.3 Å². The number of likely N-dealkylation sites (tertiary alicyclic amines) is 1. The van der Waals surface area contributed by atoms with Crippen molar-refractivity contribution in [3.63, 3.8) is 0 Å². The lowest BCUT2D eigenvalue weighted by molar-refractivity contribution is -0.123. The average molecular weight is 568 g/mol. The van der Waals surface area contributed by atoms with Crippen LogP contribution in [0.4, 0.5) is 0 Å². The third kappa shape index (κ3) is 9.32. The lowest BCUT2D eigenvalue weighted by atomic mass is 9.96. The Balaban J connectivity index is 0.00000385. The molecule has 8 nitrogen and oxygen atoms in total. The molecule has 4 N–H and O–H groups in total.